The van der Waals surface area contributed by atoms with Gasteiger partial charge in [0.25, 0.3) is 17.8 Å². The van der Waals surface area contributed by atoms with Crippen LogP contribution in [0.3, 0.4) is 0 Å². The van der Waals surface area contributed by atoms with E-state index in [1.54, 1.807) is 13.0 Å². The Hall–Kier alpha value is -3.94. The number of pyridine rings is 1. The largest absolute Gasteiger partial charge is 0.268 e. The van der Waals surface area contributed by atoms with Crippen LogP contribution >= 0.6 is 0 Å². The van der Waals surface area contributed by atoms with E-state index in [4.69, 9.17) is 0 Å². The van der Waals surface area contributed by atoms with E-state index in [1.807, 2.05) is 45.9 Å². The third-order valence-corrected chi connectivity index (χ3v) is 5.63. The Labute approximate surface area is 178 Å². The second-order valence-corrected chi connectivity index (χ2v) is 7.91. The molecular formula is C23H20N6O2. The zero-order chi connectivity index (χ0) is 22.0. The van der Waals surface area contributed by atoms with E-state index in [1.165, 1.54) is 15.8 Å². The van der Waals surface area contributed by atoms with E-state index in [0.29, 0.717) is 33.9 Å². The standard InChI is InChI=1S/C23H20N6O2/c1-11-6-7-16(8-12(11)2)28-21(30)17-10-24-20-18(19(17)22(28)31)15(5)27-29(20)23-25-13(3)9-14(4)26-23/h6-10H,1-5H3. The lowest BCUT2D eigenvalue weighted by Crippen LogP contribution is -2.29. The van der Waals surface area contributed by atoms with Crippen molar-refractivity contribution in [3.8, 4) is 5.95 Å². The first-order valence-electron chi connectivity index (χ1n) is 9.93. The molecule has 1 aliphatic rings. The Bertz CT molecular complexity index is 1420. The Balaban J connectivity index is 1.71. The third-order valence-electron chi connectivity index (χ3n) is 5.63. The summed E-state index contributed by atoms with van der Waals surface area (Å²) in [7, 11) is 0. The average Bonchev–Trinajstić information content (AvgIpc) is 3.18. The summed E-state index contributed by atoms with van der Waals surface area (Å²) in [5.41, 5.74) is 5.89. The van der Waals surface area contributed by atoms with E-state index in [0.717, 1.165) is 22.5 Å². The number of benzene rings is 1. The summed E-state index contributed by atoms with van der Waals surface area (Å²) in [6.07, 6.45) is 1.44. The molecule has 8 heteroatoms. The molecule has 0 N–H and O–H groups in total. The Kier molecular flexibility index (Phi) is 4.01. The number of fused-ring (bicyclic) bond motifs is 3. The monoisotopic (exact) mass is 412 g/mol. The number of nitrogens with zero attached hydrogens (tertiary/aromatic N) is 6. The summed E-state index contributed by atoms with van der Waals surface area (Å²) >= 11 is 0. The first-order chi connectivity index (χ1) is 14.8. The molecular weight excluding hydrogens is 392 g/mol. The van der Waals surface area contributed by atoms with Crippen molar-refractivity contribution in [3.05, 3.63) is 69.8 Å². The van der Waals surface area contributed by atoms with Gasteiger partial charge < -0.3 is 0 Å². The summed E-state index contributed by atoms with van der Waals surface area (Å²) in [5, 5.41) is 5.10. The molecule has 5 rings (SSSR count). The number of hydrogen-bond donors (Lipinski definition) is 0. The predicted molar refractivity (Wildman–Crippen MR) is 116 cm³/mol. The zero-order valence-electron chi connectivity index (χ0n) is 17.9. The maximum atomic E-state index is 13.4. The molecule has 0 saturated heterocycles. The highest BCUT2D eigenvalue weighted by atomic mass is 16.2. The SMILES string of the molecule is Cc1cc(C)nc(-n2nc(C)c3c4c(cnc32)C(=O)N(c2ccc(C)c(C)c2)C4=O)n1. The first-order valence-corrected chi connectivity index (χ1v) is 9.93. The van der Waals surface area contributed by atoms with Gasteiger partial charge in [0.15, 0.2) is 5.65 Å². The second kappa shape index (κ2) is 6.53. The molecule has 4 aromatic rings. The number of rotatable bonds is 2. The molecule has 3 aromatic heterocycles. The molecule has 0 unspecified atom stereocenters. The van der Waals surface area contributed by atoms with Gasteiger partial charge in [-0.25, -0.2) is 19.9 Å². The molecule has 31 heavy (non-hydrogen) atoms. The van der Waals surface area contributed by atoms with Crippen molar-refractivity contribution in [3.63, 3.8) is 0 Å². The maximum Gasteiger partial charge on any atom is 0.267 e. The molecule has 0 bridgehead atoms. The lowest BCUT2D eigenvalue weighted by molar-refractivity contribution is 0.0926. The van der Waals surface area contributed by atoms with Gasteiger partial charge in [-0.1, -0.05) is 6.07 Å². The molecule has 0 aliphatic carbocycles. The lowest BCUT2D eigenvalue weighted by Gasteiger charge is -2.15. The van der Waals surface area contributed by atoms with Gasteiger partial charge >= 0.3 is 0 Å². The summed E-state index contributed by atoms with van der Waals surface area (Å²) in [6, 6.07) is 7.41. The van der Waals surface area contributed by atoms with Crippen LogP contribution in [0.5, 0.6) is 0 Å². The second-order valence-electron chi connectivity index (χ2n) is 7.91. The zero-order valence-corrected chi connectivity index (χ0v) is 17.9. The maximum absolute atomic E-state index is 13.4. The number of anilines is 1. The minimum Gasteiger partial charge on any atom is -0.268 e. The van der Waals surface area contributed by atoms with Crippen molar-refractivity contribution in [1.29, 1.82) is 0 Å². The summed E-state index contributed by atoms with van der Waals surface area (Å²) in [5.74, 6) is -0.377. The summed E-state index contributed by atoms with van der Waals surface area (Å²) in [4.78, 5) is 41.2. The van der Waals surface area contributed by atoms with Gasteiger partial charge in [-0.15, -0.1) is 0 Å². The highest BCUT2D eigenvalue weighted by Gasteiger charge is 2.40. The molecule has 0 atom stereocenters. The fourth-order valence-electron chi connectivity index (χ4n) is 4.00. The number of carbonyl (C=O) groups excluding carboxylic acids is 2. The van der Waals surface area contributed by atoms with Crippen molar-refractivity contribution in [1.82, 2.24) is 24.7 Å². The Morgan fingerprint density at radius 2 is 1.55 bits per heavy atom. The van der Waals surface area contributed by atoms with E-state index >= 15 is 0 Å². The van der Waals surface area contributed by atoms with Crippen LogP contribution in [0.1, 0.15) is 48.9 Å². The number of imide groups is 1. The molecule has 8 nitrogen and oxygen atoms in total. The number of aromatic nitrogens is 5. The van der Waals surface area contributed by atoms with Gasteiger partial charge in [-0.05, 0) is 63.9 Å². The number of amides is 2. The van der Waals surface area contributed by atoms with Gasteiger partial charge in [0.05, 0.1) is 27.9 Å². The van der Waals surface area contributed by atoms with Crippen molar-refractivity contribution < 1.29 is 9.59 Å². The van der Waals surface area contributed by atoms with Crippen LogP contribution < -0.4 is 4.90 Å². The topological polar surface area (TPSA) is 93.9 Å². The van der Waals surface area contributed by atoms with Crippen LogP contribution in [0.15, 0.2) is 30.5 Å². The van der Waals surface area contributed by atoms with Crippen LogP contribution in [0.2, 0.25) is 0 Å². The van der Waals surface area contributed by atoms with Crippen LogP contribution in [0.4, 0.5) is 5.69 Å². The van der Waals surface area contributed by atoms with Gasteiger partial charge in [-0.2, -0.15) is 9.78 Å². The van der Waals surface area contributed by atoms with Crippen molar-refractivity contribution >= 4 is 28.5 Å². The molecule has 1 aliphatic heterocycles. The van der Waals surface area contributed by atoms with Gasteiger partial charge in [0.1, 0.15) is 0 Å². The average molecular weight is 412 g/mol. The van der Waals surface area contributed by atoms with Crippen LogP contribution in [-0.4, -0.2) is 36.5 Å². The molecule has 0 spiro atoms. The fourth-order valence-corrected chi connectivity index (χ4v) is 4.00. The number of carbonyl (C=O) groups is 2. The quantitative estimate of drug-likeness (QED) is 0.468. The predicted octanol–water partition coefficient (Wildman–Crippen LogP) is 3.55. The molecule has 4 heterocycles. The van der Waals surface area contributed by atoms with E-state index < -0.39 is 0 Å². The minimum atomic E-state index is -0.382. The van der Waals surface area contributed by atoms with Gasteiger partial charge in [0, 0.05) is 17.6 Å². The van der Waals surface area contributed by atoms with Crippen molar-refractivity contribution in [2.45, 2.75) is 34.6 Å². The smallest absolute Gasteiger partial charge is 0.267 e. The molecule has 0 radical (unpaired) electrons. The lowest BCUT2D eigenvalue weighted by atomic mass is 10.1. The van der Waals surface area contributed by atoms with Crippen LogP contribution in [-0.2, 0) is 0 Å². The Morgan fingerprint density at radius 1 is 0.839 bits per heavy atom. The molecule has 2 amide bonds. The normalized spacial score (nSPS) is 13.4. The molecule has 0 saturated carbocycles. The molecule has 154 valence electrons. The van der Waals surface area contributed by atoms with E-state index in [-0.39, 0.29) is 17.4 Å². The first kappa shape index (κ1) is 19.0. The number of hydrogen-bond acceptors (Lipinski definition) is 6. The number of aryl methyl sites for hydroxylation is 5. The fraction of sp³-hybridized carbons (Fsp3) is 0.217. The summed E-state index contributed by atoms with van der Waals surface area (Å²) in [6.45, 7) is 9.49. The highest BCUT2D eigenvalue weighted by molar-refractivity contribution is 6.37. The third kappa shape index (κ3) is 2.75. The highest BCUT2D eigenvalue weighted by Crippen LogP contribution is 2.34. The van der Waals surface area contributed by atoms with Gasteiger partial charge in [0.2, 0.25) is 0 Å². The minimum absolute atomic E-state index is 0.278. The summed E-state index contributed by atoms with van der Waals surface area (Å²) < 4.78 is 1.53. The molecule has 1 aromatic carbocycles. The van der Waals surface area contributed by atoms with Crippen molar-refractivity contribution in [2.75, 3.05) is 4.90 Å². The Morgan fingerprint density at radius 3 is 2.23 bits per heavy atom. The van der Waals surface area contributed by atoms with Crippen LogP contribution in [0.25, 0.3) is 17.0 Å². The van der Waals surface area contributed by atoms with Gasteiger partial charge in [-0.3, -0.25) is 9.59 Å². The van der Waals surface area contributed by atoms with Crippen molar-refractivity contribution in [2.24, 2.45) is 0 Å². The van der Waals surface area contributed by atoms with E-state index in [9.17, 15) is 9.59 Å². The molecule has 0 fully saturated rings. The van der Waals surface area contributed by atoms with E-state index in [2.05, 4.69) is 20.1 Å². The van der Waals surface area contributed by atoms with Crippen LogP contribution in [0, 0.1) is 34.6 Å².